The minimum absolute atomic E-state index is 0.412. The summed E-state index contributed by atoms with van der Waals surface area (Å²) in [4.78, 5) is 0. The maximum atomic E-state index is 5.94. The van der Waals surface area contributed by atoms with Crippen LogP contribution in [0.2, 0.25) is 5.15 Å². The molecule has 2 aromatic rings. The number of benzene rings is 1. The molecule has 20 heavy (non-hydrogen) atoms. The molecule has 0 unspecified atom stereocenters. The molecule has 1 aromatic carbocycles. The van der Waals surface area contributed by atoms with Crippen molar-refractivity contribution in [2.24, 2.45) is 0 Å². The van der Waals surface area contributed by atoms with E-state index in [0.29, 0.717) is 16.7 Å². The fraction of sp³-hybridized carbons (Fsp3) is 0.286. The van der Waals surface area contributed by atoms with Crippen molar-refractivity contribution in [1.29, 1.82) is 0 Å². The summed E-state index contributed by atoms with van der Waals surface area (Å²) >= 11 is 5.94. The molecule has 0 radical (unpaired) electrons. The second-order valence-corrected chi connectivity index (χ2v) is 4.64. The van der Waals surface area contributed by atoms with Crippen molar-refractivity contribution in [3.63, 3.8) is 0 Å². The van der Waals surface area contributed by atoms with Crippen molar-refractivity contribution in [3.05, 3.63) is 34.5 Å². The molecule has 0 aliphatic carbocycles. The summed E-state index contributed by atoms with van der Waals surface area (Å²) in [5.74, 6) is 2.04. The first-order valence-electron chi connectivity index (χ1n) is 6.05. The third-order valence-electron chi connectivity index (χ3n) is 3.13. The highest BCUT2D eigenvalue weighted by Crippen LogP contribution is 2.32. The first-order chi connectivity index (χ1) is 9.56. The van der Waals surface area contributed by atoms with E-state index in [-0.39, 0.29) is 0 Å². The summed E-state index contributed by atoms with van der Waals surface area (Å²) in [6.07, 6.45) is 0. The number of hydrogen-bond donors (Lipinski definition) is 1. The smallest absolute Gasteiger partial charge is 0.156 e. The molecule has 0 bridgehead atoms. The van der Waals surface area contributed by atoms with Crippen molar-refractivity contribution < 1.29 is 9.47 Å². The molecule has 0 aliphatic rings. The maximum Gasteiger partial charge on any atom is 0.156 e. The van der Waals surface area contributed by atoms with Crippen LogP contribution in [-0.4, -0.2) is 24.4 Å². The minimum Gasteiger partial charge on any atom is -0.497 e. The normalized spacial score (nSPS) is 10.2. The fourth-order valence-corrected chi connectivity index (χ4v) is 1.90. The van der Waals surface area contributed by atoms with E-state index in [1.54, 1.807) is 20.3 Å². The van der Waals surface area contributed by atoms with Crippen LogP contribution in [0.1, 0.15) is 11.1 Å². The van der Waals surface area contributed by atoms with Crippen LogP contribution >= 0.6 is 11.6 Å². The van der Waals surface area contributed by atoms with Crippen LogP contribution in [0.5, 0.6) is 11.5 Å². The molecule has 0 amide bonds. The predicted octanol–water partition coefficient (Wildman–Crippen LogP) is 3.51. The van der Waals surface area contributed by atoms with Crippen LogP contribution in [-0.2, 0) is 0 Å². The lowest BCUT2D eigenvalue weighted by Crippen LogP contribution is -2.02. The zero-order valence-corrected chi connectivity index (χ0v) is 12.6. The summed E-state index contributed by atoms with van der Waals surface area (Å²) in [6, 6.07) is 5.51. The molecule has 0 saturated carbocycles. The molecule has 1 N–H and O–H groups in total. The molecule has 0 saturated heterocycles. The van der Waals surface area contributed by atoms with Gasteiger partial charge in [0.1, 0.15) is 11.5 Å². The Labute approximate surface area is 122 Å². The van der Waals surface area contributed by atoms with E-state index in [0.717, 1.165) is 22.6 Å². The van der Waals surface area contributed by atoms with E-state index >= 15 is 0 Å². The van der Waals surface area contributed by atoms with E-state index < -0.39 is 0 Å². The van der Waals surface area contributed by atoms with E-state index in [1.807, 2.05) is 26.0 Å². The highest BCUT2D eigenvalue weighted by atomic mass is 35.5. The van der Waals surface area contributed by atoms with Gasteiger partial charge in [-0.25, -0.2) is 0 Å². The van der Waals surface area contributed by atoms with Gasteiger partial charge in [-0.1, -0.05) is 11.6 Å². The van der Waals surface area contributed by atoms with Crippen LogP contribution < -0.4 is 14.8 Å². The Kier molecular flexibility index (Phi) is 4.29. The molecular weight excluding hydrogens is 278 g/mol. The average molecular weight is 294 g/mol. The van der Waals surface area contributed by atoms with Crippen LogP contribution in [0.3, 0.4) is 0 Å². The van der Waals surface area contributed by atoms with E-state index in [1.165, 1.54) is 0 Å². The van der Waals surface area contributed by atoms with Crippen LogP contribution in [0.4, 0.5) is 11.5 Å². The molecule has 0 spiro atoms. The van der Waals surface area contributed by atoms with Gasteiger partial charge in [-0.05, 0) is 37.1 Å². The quantitative estimate of drug-likeness (QED) is 0.935. The Morgan fingerprint density at radius 1 is 1.05 bits per heavy atom. The highest BCUT2D eigenvalue weighted by molar-refractivity contribution is 6.30. The Balaban J connectivity index is 2.37. The molecule has 6 heteroatoms. The van der Waals surface area contributed by atoms with E-state index in [9.17, 15) is 0 Å². The molecule has 5 nitrogen and oxygen atoms in total. The summed E-state index contributed by atoms with van der Waals surface area (Å²) < 4.78 is 10.5. The van der Waals surface area contributed by atoms with Crippen LogP contribution in [0.25, 0.3) is 0 Å². The number of hydrogen-bond acceptors (Lipinski definition) is 5. The van der Waals surface area contributed by atoms with Gasteiger partial charge in [-0.2, -0.15) is 0 Å². The van der Waals surface area contributed by atoms with Crippen molar-refractivity contribution in [2.75, 3.05) is 19.5 Å². The van der Waals surface area contributed by atoms with Gasteiger partial charge in [0.15, 0.2) is 11.0 Å². The van der Waals surface area contributed by atoms with Crippen molar-refractivity contribution in [1.82, 2.24) is 10.2 Å². The third kappa shape index (κ3) is 2.77. The molecular formula is C14H16ClN3O2. The molecule has 106 valence electrons. The molecule has 2 rings (SSSR count). The zero-order chi connectivity index (χ0) is 14.7. The Hall–Kier alpha value is -2.01. The number of aromatic nitrogens is 2. The van der Waals surface area contributed by atoms with Gasteiger partial charge in [0.2, 0.25) is 0 Å². The van der Waals surface area contributed by atoms with Gasteiger partial charge in [0, 0.05) is 6.07 Å². The molecule has 0 fully saturated rings. The first kappa shape index (κ1) is 14.4. The number of halogens is 1. The summed E-state index contributed by atoms with van der Waals surface area (Å²) in [7, 11) is 3.21. The van der Waals surface area contributed by atoms with Crippen LogP contribution in [0.15, 0.2) is 18.2 Å². The number of methoxy groups -OCH3 is 2. The van der Waals surface area contributed by atoms with Gasteiger partial charge in [0.25, 0.3) is 0 Å². The van der Waals surface area contributed by atoms with E-state index in [4.69, 9.17) is 21.1 Å². The van der Waals surface area contributed by atoms with Gasteiger partial charge in [-0.15, -0.1) is 10.2 Å². The van der Waals surface area contributed by atoms with Gasteiger partial charge in [-0.3, -0.25) is 0 Å². The molecule has 0 atom stereocenters. The number of rotatable bonds is 4. The lowest BCUT2D eigenvalue weighted by atomic mass is 10.2. The SMILES string of the molecule is COc1ccc(Nc2nnc(Cl)c(C)c2C)c(OC)c1. The average Bonchev–Trinajstić information content (AvgIpc) is 2.48. The topological polar surface area (TPSA) is 56.3 Å². The van der Waals surface area contributed by atoms with Gasteiger partial charge in [0.05, 0.1) is 19.9 Å². The lowest BCUT2D eigenvalue weighted by molar-refractivity contribution is 0.395. The lowest BCUT2D eigenvalue weighted by Gasteiger charge is -2.14. The number of nitrogens with one attached hydrogen (secondary N) is 1. The highest BCUT2D eigenvalue weighted by Gasteiger charge is 2.11. The summed E-state index contributed by atoms with van der Waals surface area (Å²) in [5, 5.41) is 11.6. The van der Waals surface area contributed by atoms with Gasteiger partial charge >= 0.3 is 0 Å². The number of ether oxygens (including phenoxy) is 2. The standard InChI is InChI=1S/C14H16ClN3O2/c1-8-9(2)14(18-17-13(8)15)16-11-6-5-10(19-3)7-12(11)20-4/h5-7H,1-4H3,(H,16,18). The Morgan fingerprint density at radius 2 is 1.80 bits per heavy atom. The maximum absolute atomic E-state index is 5.94. The predicted molar refractivity (Wildman–Crippen MR) is 79.3 cm³/mol. The summed E-state index contributed by atoms with van der Waals surface area (Å²) in [5.41, 5.74) is 2.63. The molecule has 1 heterocycles. The van der Waals surface area contributed by atoms with Crippen molar-refractivity contribution >= 4 is 23.1 Å². The number of anilines is 2. The second-order valence-electron chi connectivity index (χ2n) is 4.28. The largest absolute Gasteiger partial charge is 0.497 e. The first-order valence-corrected chi connectivity index (χ1v) is 6.43. The third-order valence-corrected chi connectivity index (χ3v) is 3.49. The minimum atomic E-state index is 0.412. The molecule has 0 aliphatic heterocycles. The molecule has 1 aromatic heterocycles. The van der Waals surface area contributed by atoms with Crippen molar-refractivity contribution in [3.8, 4) is 11.5 Å². The van der Waals surface area contributed by atoms with Crippen LogP contribution in [0, 0.1) is 13.8 Å². The van der Waals surface area contributed by atoms with Gasteiger partial charge < -0.3 is 14.8 Å². The fourth-order valence-electron chi connectivity index (χ4n) is 1.72. The zero-order valence-electron chi connectivity index (χ0n) is 11.8. The Bertz CT molecular complexity index is 632. The van der Waals surface area contributed by atoms with E-state index in [2.05, 4.69) is 15.5 Å². The second kappa shape index (κ2) is 5.96. The number of nitrogens with zero attached hydrogens (tertiary/aromatic N) is 2. The monoisotopic (exact) mass is 293 g/mol. The Morgan fingerprint density at radius 3 is 2.45 bits per heavy atom. The van der Waals surface area contributed by atoms with Crippen molar-refractivity contribution in [2.45, 2.75) is 13.8 Å². The summed E-state index contributed by atoms with van der Waals surface area (Å²) in [6.45, 7) is 3.84.